The lowest BCUT2D eigenvalue weighted by Gasteiger charge is -2.34. The molecule has 0 saturated carbocycles. The van der Waals surface area contributed by atoms with Crippen molar-refractivity contribution < 1.29 is 17.9 Å². The predicted molar refractivity (Wildman–Crippen MR) is 70.9 cm³/mol. The molecule has 0 aromatic heterocycles. The molecular weight excluding hydrogens is 269 g/mol. The second-order valence-corrected chi connectivity index (χ2v) is 4.91. The Hall–Kier alpha value is -1.27. The number of ether oxygens (including phenoxy) is 1. The van der Waals surface area contributed by atoms with Crippen LogP contribution in [0, 0.1) is 0 Å². The Morgan fingerprint density at radius 2 is 1.90 bits per heavy atom. The Kier molecular flexibility index (Phi) is 4.55. The fourth-order valence-electron chi connectivity index (χ4n) is 2.54. The minimum absolute atomic E-state index is 0.230. The van der Waals surface area contributed by atoms with Gasteiger partial charge in [-0.15, -0.1) is 0 Å². The van der Waals surface area contributed by atoms with E-state index in [2.05, 4.69) is 10.2 Å². The van der Waals surface area contributed by atoms with Gasteiger partial charge >= 0.3 is 6.18 Å². The van der Waals surface area contributed by atoms with Crippen LogP contribution in [0.15, 0.2) is 18.2 Å². The molecule has 112 valence electrons. The fourth-order valence-corrected chi connectivity index (χ4v) is 2.54. The minimum Gasteiger partial charge on any atom is -0.497 e. The summed E-state index contributed by atoms with van der Waals surface area (Å²) in [6, 6.07) is 3.92. The molecule has 0 radical (unpaired) electrons. The first-order valence-electron chi connectivity index (χ1n) is 6.63. The summed E-state index contributed by atoms with van der Waals surface area (Å²) in [4.78, 5) is 2.06. The number of benzene rings is 1. The molecule has 1 heterocycles. The van der Waals surface area contributed by atoms with Crippen LogP contribution >= 0.6 is 0 Å². The molecule has 1 atom stereocenters. The third kappa shape index (κ3) is 3.24. The van der Waals surface area contributed by atoms with Crippen LogP contribution in [-0.4, -0.2) is 38.2 Å². The zero-order valence-corrected chi connectivity index (χ0v) is 11.6. The SMILES string of the molecule is COc1ccc([C@@H](C)N2CCNCC2)c(C(F)(F)F)c1. The van der Waals surface area contributed by atoms with E-state index in [0.717, 1.165) is 32.2 Å². The predicted octanol–water partition coefficient (Wildman–Crippen LogP) is 2.68. The second-order valence-electron chi connectivity index (χ2n) is 4.91. The Bertz CT molecular complexity index is 456. The lowest BCUT2D eigenvalue weighted by atomic mass is 9.99. The molecule has 0 amide bonds. The molecule has 3 nitrogen and oxygen atoms in total. The highest BCUT2D eigenvalue weighted by Gasteiger charge is 2.36. The van der Waals surface area contributed by atoms with Gasteiger partial charge in [-0.25, -0.2) is 0 Å². The van der Waals surface area contributed by atoms with Gasteiger partial charge in [0.25, 0.3) is 0 Å². The maximum Gasteiger partial charge on any atom is 0.416 e. The first-order chi connectivity index (χ1) is 9.43. The maximum atomic E-state index is 13.2. The van der Waals surface area contributed by atoms with Crippen LogP contribution in [0.1, 0.15) is 24.1 Å². The average molecular weight is 288 g/mol. The summed E-state index contributed by atoms with van der Waals surface area (Å²) in [5, 5.41) is 3.20. The highest BCUT2D eigenvalue weighted by molar-refractivity contribution is 5.39. The number of rotatable bonds is 3. The van der Waals surface area contributed by atoms with Crippen molar-refractivity contribution in [3.63, 3.8) is 0 Å². The van der Waals surface area contributed by atoms with Crippen molar-refractivity contribution in [3.8, 4) is 5.75 Å². The number of halogens is 3. The van der Waals surface area contributed by atoms with Crippen LogP contribution in [0.3, 0.4) is 0 Å². The van der Waals surface area contributed by atoms with E-state index in [9.17, 15) is 13.2 Å². The molecule has 20 heavy (non-hydrogen) atoms. The maximum absolute atomic E-state index is 13.2. The van der Waals surface area contributed by atoms with Gasteiger partial charge < -0.3 is 10.1 Å². The fraction of sp³-hybridized carbons (Fsp3) is 0.571. The standard InChI is InChI=1S/C14H19F3N2O/c1-10(19-7-5-18-6-8-19)12-4-3-11(20-2)9-13(12)14(15,16)17/h3-4,9-10,18H,5-8H2,1-2H3/t10-/m1/s1. The first-order valence-corrected chi connectivity index (χ1v) is 6.63. The quantitative estimate of drug-likeness (QED) is 0.925. The Labute approximate surface area is 116 Å². The van der Waals surface area contributed by atoms with Crippen molar-refractivity contribution in [3.05, 3.63) is 29.3 Å². The zero-order chi connectivity index (χ0) is 14.8. The summed E-state index contributed by atoms with van der Waals surface area (Å²) >= 11 is 0. The third-order valence-corrected chi connectivity index (χ3v) is 3.72. The number of hydrogen-bond acceptors (Lipinski definition) is 3. The number of nitrogens with zero attached hydrogens (tertiary/aromatic N) is 1. The zero-order valence-electron chi connectivity index (χ0n) is 11.6. The van der Waals surface area contributed by atoms with Crippen molar-refractivity contribution in [2.75, 3.05) is 33.3 Å². The molecule has 1 N–H and O–H groups in total. The molecule has 1 aromatic carbocycles. The van der Waals surface area contributed by atoms with Crippen molar-refractivity contribution in [1.29, 1.82) is 0 Å². The largest absolute Gasteiger partial charge is 0.497 e. The van der Waals surface area contributed by atoms with Crippen LogP contribution in [0.4, 0.5) is 13.2 Å². The highest BCUT2D eigenvalue weighted by Crippen LogP contribution is 2.38. The van der Waals surface area contributed by atoms with Gasteiger partial charge in [0.05, 0.1) is 12.7 Å². The number of nitrogens with one attached hydrogen (secondary N) is 1. The van der Waals surface area contributed by atoms with Gasteiger partial charge in [0.15, 0.2) is 0 Å². The summed E-state index contributed by atoms with van der Waals surface area (Å²) in [7, 11) is 1.37. The van der Waals surface area contributed by atoms with Gasteiger partial charge in [-0.1, -0.05) is 6.07 Å². The van der Waals surface area contributed by atoms with E-state index in [1.165, 1.54) is 13.2 Å². The lowest BCUT2D eigenvalue weighted by molar-refractivity contribution is -0.138. The van der Waals surface area contributed by atoms with Crippen molar-refractivity contribution in [2.45, 2.75) is 19.1 Å². The van der Waals surface area contributed by atoms with Crippen LogP contribution in [-0.2, 0) is 6.18 Å². The summed E-state index contributed by atoms with van der Waals surface area (Å²) in [6.07, 6.45) is -4.37. The molecule has 0 aliphatic carbocycles. The van der Waals surface area contributed by atoms with Gasteiger partial charge in [-0.2, -0.15) is 13.2 Å². The van der Waals surface area contributed by atoms with Crippen LogP contribution in [0.5, 0.6) is 5.75 Å². The molecule has 1 aromatic rings. The van der Waals surface area contributed by atoms with E-state index in [1.54, 1.807) is 6.07 Å². The second kappa shape index (κ2) is 6.01. The molecule has 1 fully saturated rings. The van der Waals surface area contributed by atoms with Crippen molar-refractivity contribution >= 4 is 0 Å². The molecule has 6 heteroatoms. The monoisotopic (exact) mass is 288 g/mol. The number of methoxy groups -OCH3 is 1. The van der Waals surface area contributed by atoms with E-state index < -0.39 is 11.7 Å². The minimum atomic E-state index is -4.37. The van der Waals surface area contributed by atoms with E-state index >= 15 is 0 Å². The first kappa shape index (κ1) is 15.1. The van der Waals surface area contributed by atoms with E-state index in [1.807, 2.05) is 6.92 Å². The van der Waals surface area contributed by atoms with Crippen LogP contribution < -0.4 is 10.1 Å². The molecule has 1 aliphatic heterocycles. The van der Waals surface area contributed by atoms with Gasteiger partial charge in [-0.3, -0.25) is 4.90 Å². The normalized spacial score (nSPS) is 18.9. The van der Waals surface area contributed by atoms with Gasteiger partial charge in [0.2, 0.25) is 0 Å². The Morgan fingerprint density at radius 1 is 1.25 bits per heavy atom. The smallest absolute Gasteiger partial charge is 0.416 e. The lowest BCUT2D eigenvalue weighted by Crippen LogP contribution is -2.44. The summed E-state index contributed by atoms with van der Waals surface area (Å²) < 4.78 is 44.5. The van der Waals surface area contributed by atoms with E-state index in [0.29, 0.717) is 5.56 Å². The molecule has 0 unspecified atom stereocenters. The molecule has 0 spiro atoms. The molecule has 1 aliphatic rings. The topological polar surface area (TPSA) is 24.5 Å². The summed E-state index contributed by atoms with van der Waals surface area (Å²) in [5.41, 5.74) is -0.303. The molecule has 2 rings (SSSR count). The third-order valence-electron chi connectivity index (χ3n) is 3.72. The number of hydrogen-bond donors (Lipinski definition) is 1. The van der Waals surface area contributed by atoms with E-state index in [-0.39, 0.29) is 11.8 Å². The molecule has 0 bridgehead atoms. The molecular formula is C14H19F3N2O. The number of alkyl halides is 3. The highest BCUT2D eigenvalue weighted by atomic mass is 19.4. The van der Waals surface area contributed by atoms with Gasteiger partial charge in [0.1, 0.15) is 5.75 Å². The summed E-state index contributed by atoms with van der Waals surface area (Å²) in [5.74, 6) is 0.230. The Morgan fingerprint density at radius 3 is 2.45 bits per heavy atom. The summed E-state index contributed by atoms with van der Waals surface area (Å²) in [6.45, 7) is 4.95. The van der Waals surface area contributed by atoms with Crippen molar-refractivity contribution in [2.24, 2.45) is 0 Å². The van der Waals surface area contributed by atoms with Gasteiger partial charge in [0, 0.05) is 32.2 Å². The van der Waals surface area contributed by atoms with Crippen LogP contribution in [0.25, 0.3) is 0 Å². The van der Waals surface area contributed by atoms with Crippen LogP contribution in [0.2, 0.25) is 0 Å². The van der Waals surface area contributed by atoms with Crippen molar-refractivity contribution in [1.82, 2.24) is 10.2 Å². The van der Waals surface area contributed by atoms with E-state index in [4.69, 9.17) is 4.74 Å². The average Bonchev–Trinajstić information content (AvgIpc) is 2.46. The Balaban J connectivity index is 2.34. The number of piperazine rings is 1. The molecule has 1 saturated heterocycles. The van der Waals surface area contributed by atoms with Gasteiger partial charge in [-0.05, 0) is 24.6 Å².